The SMILES string of the molecule is COc1cc(C(=O)CC2(O)C(=O)N(Cc3cccc(C(F)(F)F)c3)c3ccccc32)cc(OC)c1OC. The van der Waals surface area contributed by atoms with E-state index in [2.05, 4.69) is 0 Å². The first-order valence-corrected chi connectivity index (χ1v) is 11.2. The molecular weight excluding hydrogens is 491 g/mol. The molecule has 1 aliphatic heterocycles. The number of amides is 1. The van der Waals surface area contributed by atoms with Crippen molar-refractivity contribution in [3.8, 4) is 17.2 Å². The maximum absolute atomic E-state index is 13.5. The van der Waals surface area contributed by atoms with Gasteiger partial charge in [-0.2, -0.15) is 13.2 Å². The number of carbonyl (C=O) groups excluding carboxylic acids is 2. The molecular formula is C27H24F3NO6. The predicted octanol–water partition coefficient (Wildman–Crippen LogP) is 4.74. The molecule has 0 aromatic heterocycles. The number of ether oxygens (including phenoxy) is 3. The van der Waals surface area contributed by atoms with Gasteiger partial charge >= 0.3 is 6.18 Å². The molecule has 0 saturated carbocycles. The summed E-state index contributed by atoms with van der Waals surface area (Å²) in [6.45, 7) is -0.222. The average molecular weight is 515 g/mol. The maximum Gasteiger partial charge on any atom is 0.416 e. The lowest BCUT2D eigenvalue weighted by Crippen LogP contribution is -2.41. The third kappa shape index (κ3) is 4.72. The van der Waals surface area contributed by atoms with Crippen LogP contribution in [0.5, 0.6) is 17.2 Å². The van der Waals surface area contributed by atoms with E-state index in [1.807, 2.05) is 0 Å². The highest BCUT2D eigenvalue weighted by Gasteiger charge is 2.51. The lowest BCUT2D eigenvalue weighted by molar-refractivity contribution is -0.137. The topological polar surface area (TPSA) is 85.3 Å². The Kier molecular flexibility index (Phi) is 6.88. The summed E-state index contributed by atoms with van der Waals surface area (Å²) in [5, 5.41) is 11.6. The molecule has 7 nitrogen and oxygen atoms in total. The number of nitrogens with zero attached hydrogens (tertiary/aromatic N) is 1. The van der Waals surface area contributed by atoms with Crippen LogP contribution in [-0.2, 0) is 23.1 Å². The molecule has 1 amide bonds. The minimum atomic E-state index is -4.55. The number of methoxy groups -OCH3 is 3. The van der Waals surface area contributed by atoms with Gasteiger partial charge < -0.3 is 24.2 Å². The summed E-state index contributed by atoms with van der Waals surface area (Å²) in [5.41, 5.74) is -2.24. The normalized spacial score (nSPS) is 16.9. The number of alkyl halides is 3. The Morgan fingerprint density at radius 1 is 0.946 bits per heavy atom. The summed E-state index contributed by atoms with van der Waals surface area (Å²) >= 11 is 0. The van der Waals surface area contributed by atoms with Crippen LogP contribution in [0.1, 0.15) is 33.5 Å². The molecule has 1 heterocycles. The zero-order chi connectivity index (χ0) is 27.0. The van der Waals surface area contributed by atoms with Crippen molar-refractivity contribution in [2.75, 3.05) is 26.2 Å². The monoisotopic (exact) mass is 515 g/mol. The van der Waals surface area contributed by atoms with Gasteiger partial charge in [0.25, 0.3) is 5.91 Å². The maximum atomic E-state index is 13.5. The van der Waals surface area contributed by atoms with Crippen LogP contribution in [0.4, 0.5) is 18.9 Å². The number of para-hydroxylation sites is 1. The van der Waals surface area contributed by atoms with E-state index in [0.717, 1.165) is 12.1 Å². The van der Waals surface area contributed by atoms with Crippen LogP contribution in [0.2, 0.25) is 0 Å². The molecule has 1 atom stereocenters. The van der Waals surface area contributed by atoms with Gasteiger partial charge in [-0.05, 0) is 35.9 Å². The third-order valence-corrected chi connectivity index (χ3v) is 6.24. The number of anilines is 1. The molecule has 0 bridgehead atoms. The number of aliphatic hydroxyl groups is 1. The molecule has 0 spiro atoms. The summed E-state index contributed by atoms with van der Waals surface area (Å²) in [6, 6.07) is 13.8. The molecule has 1 unspecified atom stereocenters. The fourth-order valence-electron chi connectivity index (χ4n) is 4.44. The van der Waals surface area contributed by atoms with Crippen molar-refractivity contribution < 1.29 is 42.1 Å². The van der Waals surface area contributed by atoms with Gasteiger partial charge in [0.15, 0.2) is 22.9 Å². The lowest BCUT2D eigenvalue weighted by atomic mass is 9.88. The van der Waals surface area contributed by atoms with E-state index in [9.17, 15) is 27.9 Å². The number of halogens is 3. The fourth-order valence-corrected chi connectivity index (χ4v) is 4.44. The van der Waals surface area contributed by atoms with Gasteiger partial charge in [-0.25, -0.2) is 0 Å². The van der Waals surface area contributed by atoms with Crippen molar-refractivity contribution in [3.63, 3.8) is 0 Å². The Hall–Kier alpha value is -4.05. The van der Waals surface area contributed by atoms with Gasteiger partial charge in [-0.1, -0.05) is 30.3 Å². The summed E-state index contributed by atoms with van der Waals surface area (Å²) in [5.74, 6) is -0.671. The van der Waals surface area contributed by atoms with Gasteiger partial charge in [0.1, 0.15) is 0 Å². The Morgan fingerprint density at radius 3 is 2.19 bits per heavy atom. The first-order chi connectivity index (χ1) is 17.5. The van der Waals surface area contributed by atoms with Crippen molar-refractivity contribution >= 4 is 17.4 Å². The Labute approximate surface area is 211 Å². The quantitative estimate of drug-likeness (QED) is 0.437. The summed E-state index contributed by atoms with van der Waals surface area (Å²) in [4.78, 5) is 28.0. The molecule has 0 saturated heterocycles. The van der Waals surface area contributed by atoms with Crippen molar-refractivity contribution in [3.05, 3.63) is 82.9 Å². The van der Waals surface area contributed by atoms with Crippen LogP contribution in [0.25, 0.3) is 0 Å². The van der Waals surface area contributed by atoms with Crippen LogP contribution >= 0.6 is 0 Å². The van der Waals surface area contributed by atoms with E-state index in [0.29, 0.717) is 5.69 Å². The number of hydrogen-bond donors (Lipinski definition) is 1. The third-order valence-electron chi connectivity index (χ3n) is 6.24. The zero-order valence-corrected chi connectivity index (χ0v) is 20.3. The number of hydrogen-bond acceptors (Lipinski definition) is 6. The molecule has 1 N–H and O–H groups in total. The first-order valence-electron chi connectivity index (χ1n) is 11.2. The minimum absolute atomic E-state index is 0.115. The fraction of sp³-hybridized carbons (Fsp3) is 0.259. The summed E-state index contributed by atoms with van der Waals surface area (Å²) in [7, 11) is 4.20. The van der Waals surface area contributed by atoms with Crippen LogP contribution in [0.15, 0.2) is 60.7 Å². The van der Waals surface area contributed by atoms with Crippen LogP contribution in [0, 0.1) is 0 Å². The number of fused-ring (bicyclic) bond motifs is 1. The second-order valence-electron chi connectivity index (χ2n) is 8.48. The zero-order valence-electron chi connectivity index (χ0n) is 20.3. The molecule has 194 valence electrons. The summed E-state index contributed by atoms with van der Waals surface area (Å²) < 4.78 is 55.4. The van der Waals surface area contributed by atoms with E-state index in [1.165, 1.54) is 56.6 Å². The average Bonchev–Trinajstić information content (AvgIpc) is 3.09. The molecule has 37 heavy (non-hydrogen) atoms. The second-order valence-corrected chi connectivity index (χ2v) is 8.48. The summed E-state index contributed by atoms with van der Waals surface area (Å²) in [6.07, 6.45) is -5.16. The Morgan fingerprint density at radius 2 is 1.59 bits per heavy atom. The van der Waals surface area contributed by atoms with Gasteiger partial charge in [0.2, 0.25) is 5.75 Å². The molecule has 0 radical (unpaired) electrons. The van der Waals surface area contributed by atoms with E-state index in [4.69, 9.17) is 14.2 Å². The largest absolute Gasteiger partial charge is 0.493 e. The molecule has 10 heteroatoms. The lowest BCUT2D eigenvalue weighted by Gasteiger charge is -2.23. The number of benzene rings is 3. The van der Waals surface area contributed by atoms with E-state index in [-0.39, 0.29) is 40.5 Å². The highest BCUT2D eigenvalue weighted by atomic mass is 19.4. The minimum Gasteiger partial charge on any atom is -0.493 e. The van der Waals surface area contributed by atoms with E-state index in [1.54, 1.807) is 18.2 Å². The van der Waals surface area contributed by atoms with Crippen molar-refractivity contribution in [1.82, 2.24) is 0 Å². The molecule has 3 aromatic carbocycles. The molecule has 3 aromatic rings. The Balaban J connectivity index is 1.68. The number of carbonyl (C=O) groups is 2. The highest BCUT2D eigenvalue weighted by molar-refractivity contribution is 6.10. The van der Waals surface area contributed by atoms with Crippen molar-refractivity contribution in [2.45, 2.75) is 24.7 Å². The van der Waals surface area contributed by atoms with E-state index >= 15 is 0 Å². The first kappa shape index (κ1) is 26.0. The van der Waals surface area contributed by atoms with Gasteiger partial charge in [-0.3, -0.25) is 9.59 Å². The number of rotatable bonds is 8. The number of Topliss-reactive ketones (excluding diaryl/α,β-unsaturated/α-hetero) is 1. The van der Waals surface area contributed by atoms with Crippen molar-refractivity contribution in [1.29, 1.82) is 0 Å². The van der Waals surface area contributed by atoms with Gasteiger partial charge in [0.05, 0.1) is 45.5 Å². The molecule has 0 fully saturated rings. The number of ketones is 1. The highest BCUT2D eigenvalue weighted by Crippen LogP contribution is 2.45. The van der Waals surface area contributed by atoms with Crippen LogP contribution in [0.3, 0.4) is 0 Å². The Bertz CT molecular complexity index is 1330. The predicted molar refractivity (Wildman–Crippen MR) is 128 cm³/mol. The van der Waals surface area contributed by atoms with Crippen LogP contribution < -0.4 is 19.1 Å². The van der Waals surface area contributed by atoms with Crippen LogP contribution in [-0.4, -0.2) is 38.1 Å². The molecule has 1 aliphatic rings. The molecule has 4 rings (SSSR count). The smallest absolute Gasteiger partial charge is 0.416 e. The second kappa shape index (κ2) is 9.78. The van der Waals surface area contributed by atoms with Gasteiger partial charge in [0, 0.05) is 11.1 Å². The molecule has 0 aliphatic carbocycles. The standard InChI is InChI=1S/C27H24F3NO6/c1-35-22-12-17(13-23(36-2)24(22)37-3)21(32)14-26(34)19-9-4-5-10-20(19)31(25(26)33)15-16-7-6-8-18(11-16)27(28,29)30/h4-13,34H,14-15H2,1-3H3. The van der Waals surface area contributed by atoms with Gasteiger partial charge in [-0.15, -0.1) is 0 Å². The van der Waals surface area contributed by atoms with E-state index < -0.39 is 35.5 Å². The van der Waals surface area contributed by atoms with Crippen molar-refractivity contribution in [2.24, 2.45) is 0 Å².